The molecule has 6 heteroatoms. The first-order valence-electron chi connectivity index (χ1n) is 5.87. The molecule has 0 bridgehead atoms. The Morgan fingerprint density at radius 2 is 1.89 bits per heavy atom. The zero-order valence-electron chi connectivity index (χ0n) is 9.60. The molecule has 18 heavy (non-hydrogen) atoms. The van der Waals surface area contributed by atoms with Crippen molar-refractivity contribution >= 4 is 21.7 Å². The quantitative estimate of drug-likeness (QED) is 0.785. The van der Waals surface area contributed by atoms with Gasteiger partial charge in [-0.1, -0.05) is 0 Å². The number of nitrogens with zero attached hydrogens (tertiary/aromatic N) is 2. The third-order valence-corrected chi connectivity index (χ3v) is 4.45. The normalized spacial score (nSPS) is 24.3. The van der Waals surface area contributed by atoms with Crippen LogP contribution < -0.4 is 4.90 Å². The first kappa shape index (κ1) is 12.3. The average Bonchev–Trinajstić information content (AvgIpc) is 2.82. The third kappa shape index (κ3) is 1.81. The summed E-state index contributed by atoms with van der Waals surface area (Å²) in [5.41, 5.74) is -0.810. The maximum Gasteiger partial charge on any atom is 0.254 e. The third-order valence-electron chi connectivity index (χ3n) is 4.02. The average molecular weight is 321 g/mol. The maximum absolute atomic E-state index is 13.7. The van der Waals surface area contributed by atoms with Crippen molar-refractivity contribution in [1.82, 2.24) is 4.98 Å². The number of aromatic nitrogens is 1. The van der Waals surface area contributed by atoms with Gasteiger partial charge in [0.1, 0.15) is 0 Å². The van der Waals surface area contributed by atoms with Crippen LogP contribution in [0.15, 0.2) is 16.7 Å². The van der Waals surface area contributed by atoms with Gasteiger partial charge in [0.25, 0.3) is 5.92 Å². The molecule has 0 aromatic carbocycles. The van der Waals surface area contributed by atoms with Gasteiger partial charge in [-0.2, -0.15) is 0 Å². The summed E-state index contributed by atoms with van der Waals surface area (Å²) in [4.78, 5) is 5.77. The van der Waals surface area contributed by atoms with E-state index in [-0.39, 0.29) is 12.2 Å². The molecular formula is C12H12BrF3N2. The van der Waals surface area contributed by atoms with E-state index in [4.69, 9.17) is 0 Å². The Morgan fingerprint density at radius 1 is 1.28 bits per heavy atom. The van der Waals surface area contributed by atoms with Crippen LogP contribution in [0, 0.1) is 11.2 Å². The molecule has 2 fully saturated rings. The van der Waals surface area contributed by atoms with Gasteiger partial charge in [0.05, 0.1) is 0 Å². The molecule has 0 atom stereocenters. The Balaban J connectivity index is 1.73. The highest BCUT2D eigenvalue weighted by Gasteiger charge is 2.70. The second-order valence-corrected chi connectivity index (χ2v) is 6.02. The van der Waals surface area contributed by atoms with E-state index in [0.717, 1.165) is 0 Å². The number of rotatable bonds is 1. The molecule has 2 heterocycles. The first-order chi connectivity index (χ1) is 8.44. The molecule has 0 radical (unpaired) electrons. The zero-order valence-corrected chi connectivity index (χ0v) is 11.2. The SMILES string of the molecule is Fc1cc(Br)cnc1N1CCC2(CC1)CC2(F)F. The summed E-state index contributed by atoms with van der Waals surface area (Å²) in [6, 6.07) is 1.35. The van der Waals surface area contributed by atoms with Crippen molar-refractivity contribution in [2.24, 2.45) is 5.41 Å². The second-order valence-electron chi connectivity index (χ2n) is 5.11. The first-order valence-corrected chi connectivity index (χ1v) is 6.67. The summed E-state index contributed by atoms with van der Waals surface area (Å²) in [6.07, 6.45) is 2.34. The standard InChI is InChI=1S/C12H12BrF3N2/c13-8-5-9(14)10(17-6-8)18-3-1-11(2-4-18)7-12(11,15)16/h5-6H,1-4,7H2. The largest absolute Gasteiger partial charge is 0.354 e. The van der Waals surface area contributed by atoms with Crippen LogP contribution in [-0.4, -0.2) is 24.0 Å². The Bertz CT molecular complexity index is 484. The Kier molecular flexibility index (Phi) is 2.63. The molecule has 3 rings (SSSR count). The fourth-order valence-electron chi connectivity index (χ4n) is 2.71. The summed E-state index contributed by atoms with van der Waals surface area (Å²) >= 11 is 3.14. The summed E-state index contributed by atoms with van der Waals surface area (Å²) in [5, 5.41) is 0. The van der Waals surface area contributed by atoms with Gasteiger partial charge in [-0.25, -0.2) is 18.2 Å². The van der Waals surface area contributed by atoms with Crippen molar-refractivity contribution < 1.29 is 13.2 Å². The predicted molar refractivity (Wildman–Crippen MR) is 65.3 cm³/mol. The van der Waals surface area contributed by atoms with E-state index in [1.165, 1.54) is 12.3 Å². The number of pyridine rings is 1. The van der Waals surface area contributed by atoms with E-state index in [2.05, 4.69) is 20.9 Å². The highest BCUT2D eigenvalue weighted by molar-refractivity contribution is 9.10. The number of hydrogen-bond donors (Lipinski definition) is 0. The summed E-state index contributed by atoms with van der Waals surface area (Å²) in [5.74, 6) is -2.66. The summed E-state index contributed by atoms with van der Waals surface area (Å²) in [7, 11) is 0. The molecule has 0 amide bonds. The Labute approximate surface area is 111 Å². The smallest absolute Gasteiger partial charge is 0.254 e. The van der Waals surface area contributed by atoms with Gasteiger partial charge < -0.3 is 4.90 Å². The molecule has 2 aliphatic rings. The molecule has 1 aliphatic carbocycles. The van der Waals surface area contributed by atoms with Gasteiger partial charge in [0, 0.05) is 35.6 Å². The van der Waals surface area contributed by atoms with Crippen LogP contribution in [0.4, 0.5) is 19.0 Å². The Morgan fingerprint density at radius 3 is 2.39 bits per heavy atom. The molecule has 1 aromatic heterocycles. The number of halogens is 4. The molecule has 1 aliphatic heterocycles. The highest BCUT2D eigenvalue weighted by Crippen LogP contribution is 2.65. The Hall–Kier alpha value is -0.780. The molecule has 2 nitrogen and oxygen atoms in total. The maximum atomic E-state index is 13.7. The lowest BCUT2D eigenvalue weighted by Gasteiger charge is -2.33. The molecule has 0 unspecified atom stereocenters. The van der Waals surface area contributed by atoms with E-state index in [0.29, 0.717) is 30.4 Å². The van der Waals surface area contributed by atoms with E-state index in [1.54, 1.807) is 4.90 Å². The lowest BCUT2D eigenvalue weighted by molar-refractivity contribution is 0.0536. The van der Waals surface area contributed by atoms with Crippen LogP contribution >= 0.6 is 15.9 Å². The number of anilines is 1. The van der Waals surface area contributed by atoms with Crippen LogP contribution in [0.2, 0.25) is 0 Å². The number of piperidine rings is 1. The fraction of sp³-hybridized carbons (Fsp3) is 0.583. The van der Waals surface area contributed by atoms with Gasteiger partial charge in [0.2, 0.25) is 0 Å². The van der Waals surface area contributed by atoms with Crippen molar-refractivity contribution in [3.63, 3.8) is 0 Å². The lowest BCUT2D eigenvalue weighted by Crippen LogP contribution is -2.37. The van der Waals surface area contributed by atoms with E-state index < -0.39 is 17.2 Å². The van der Waals surface area contributed by atoms with Gasteiger partial charge in [-0.15, -0.1) is 0 Å². The number of alkyl halides is 2. The molecular weight excluding hydrogens is 309 g/mol. The summed E-state index contributed by atoms with van der Waals surface area (Å²) < 4.78 is 40.7. The van der Waals surface area contributed by atoms with Gasteiger partial charge >= 0.3 is 0 Å². The molecule has 1 spiro atoms. The van der Waals surface area contributed by atoms with Gasteiger partial charge in [-0.3, -0.25) is 0 Å². The zero-order chi connectivity index (χ0) is 13.0. The molecule has 1 aromatic rings. The van der Waals surface area contributed by atoms with Crippen LogP contribution in [0.1, 0.15) is 19.3 Å². The van der Waals surface area contributed by atoms with Crippen LogP contribution in [0.25, 0.3) is 0 Å². The number of hydrogen-bond acceptors (Lipinski definition) is 2. The van der Waals surface area contributed by atoms with Crippen LogP contribution in [0.3, 0.4) is 0 Å². The monoisotopic (exact) mass is 320 g/mol. The highest BCUT2D eigenvalue weighted by atomic mass is 79.9. The fourth-order valence-corrected chi connectivity index (χ4v) is 3.01. The van der Waals surface area contributed by atoms with Crippen LogP contribution in [-0.2, 0) is 0 Å². The van der Waals surface area contributed by atoms with Crippen molar-refractivity contribution in [3.05, 3.63) is 22.6 Å². The molecule has 0 N–H and O–H groups in total. The van der Waals surface area contributed by atoms with Gasteiger partial charge in [-0.05, 0) is 34.8 Å². The van der Waals surface area contributed by atoms with Gasteiger partial charge in [0.15, 0.2) is 11.6 Å². The van der Waals surface area contributed by atoms with E-state index in [1.807, 2.05) is 0 Å². The molecule has 1 saturated heterocycles. The molecule has 1 saturated carbocycles. The van der Waals surface area contributed by atoms with Crippen molar-refractivity contribution in [1.29, 1.82) is 0 Å². The van der Waals surface area contributed by atoms with E-state index >= 15 is 0 Å². The minimum atomic E-state index is -2.51. The van der Waals surface area contributed by atoms with Crippen molar-refractivity contribution in [2.75, 3.05) is 18.0 Å². The topological polar surface area (TPSA) is 16.1 Å². The summed E-state index contributed by atoms with van der Waals surface area (Å²) in [6.45, 7) is 0.891. The molecule has 98 valence electrons. The predicted octanol–water partition coefficient (Wildman–Crippen LogP) is 3.61. The lowest BCUT2D eigenvalue weighted by atomic mass is 9.93. The minimum Gasteiger partial charge on any atom is -0.354 e. The van der Waals surface area contributed by atoms with E-state index in [9.17, 15) is 13.2 Å². The van der Waals surface area contributed by atoms with Crippen molar-refractivity contribution in [3.8, 4) is 0 Å². The van der Waals surface area contributed by atoms with Crippen molar-refractivity contribution in [2.45, 2.75) is 25.2 Å². The van der Waals surface area contributed by atoms with Crippen LogP contribution in [0.5, 0.6) is 0 Å². The second kappa shape index (κ2) is 3.85. The minimum absolute atomic E-state index is 0.00983.